The first-order valence-corrected chi connectivity index (χ1v) is 5.35. The number of aliphatic hydroxyl groups is 1. The molecule has 4 heteroatoms. The third-order valence-electron chi connectivity index (χ3n) is 2.95. The van der Waals surface area contributed by atoms with Crippen LogP contribution in [-0.2, 0) is 0 Å². The van der Waals surface area contributed by atoms with Crippen molar-refractivity contribution in [2.75, 3.05) is 17.2 Å². The number of nitrogen functional groups attached to an aromatic ring is 1. The Kier molecular flexibility index (Phi) is 2.77. The third kappa shape index (κ3) is 1.90. The van der Waals surface area contributed by atoms with Gasteiger partial charge < -0.3 is 15.7 Å². The zero-order valence-electron chi connectivity index (χ0n) is 8.93. The number of hydrogen-bond acceptors (Lipinski definition) is 4. The number of aromatic nitrogens is 1. The Morgan fingerprint density at radius 3 is 3.13 bits per heavy atom. The van der Waals surface area contributed by atoms with Crippen LogP contribution in [0.1, 0.15) is 19.8 Å². The topological polar surface area (TPSA) is 62.4 Å². The van der Waals surface area contributed by atoms with Crippen LogP contribution >= 0.6 is 0 Å². The zero-order chi connectivity index (χ0) is 10.8. The first-order valence-electron chi connectivity index (χ1n) is 5.35. The summed E-state index contributed by atoms with van der Waals surface area (Å²) in [5.74, 6) is 0.806. The van der Waals surface area contributed by atoms with Gasteiger partial charge in [0.25, 0.3) is 0 Å². The van der Waals surface area contributed by atoms with Crippen molar-refractivity contribution >= 4 is 11.5 Å². The summed E-state index contributed by atoms with van der Waals surface area (Å²) in [5, 5.41) is 9.66. The number of nitrogens with two attached hydrogens (primary N) is 1. The lowest BCUT2D eigenvalue weighted by Gasteiger charge is -2.28. The SMILES string of the molecule is C[C@@H](O)[C@H]1CCCN1c1ncccc1N. The molecule has 82 valence electrons. The number of nitrogens with zero attached hydrogens (tertiary/aromatic N) is 2. The Balaban J connectivity index is 2.27. The lowest BCUT2D eigenvalue weighted by Crippen LogP contribution is -2.38. The highest BCUT2D eigenvalue weighted by Gasteiger charge is 2.29. The van der Waals surface area contributed by atoms with E-state index in [9.17, 15) is 5.11 Å². The van der Waals surface area contributed by atoms with Gasteiger partial charge in [-0.05, 0) is 31.9 Å². The second kappa shape index (κ2) is 4.06. The van der Waals surface area contributed by atoms with E-state index in [0.29, 0.717) is 5.69 Å². The molecule has 1 aliphatic rings. The summed E-state index contributed by atoms with van der Waals surface area (Å²) in [5.41, 5.74) is 6.56. The van der Waals surface area contributed by atoms with Crippen molar-refractivity contribution in [3.05, 3.63) is 18.3 Å². The molecule has 0 unspecified atom stereocenters. The van der Waals surface area contributed by atoms with Gasteiger partial charge in [-0.1, -0.05) is 0 Å². The van der Waals surface area contributed by atoms with Crippen LogP contribution in [0.2, 0.25) is 0 Å². The standard InChI is InChI=1S/C11H17N3O/c1-8(15)10-5-3-7-14(10)11-9(12)4-2-6-13-11/h2,4,6,8,10,15H,3,5,7,12H2,1H3/t8-,10-/m1/s1. The van der Waals surface area contributed by atoms with E-state index in [4.69, 9.17) is 5.73 Å². The summed E-state index contributed by atoms with van der Waals surface area (Å²) in [7, 11) is 0. The van der Waals surface area contributed by atoms with E-state index in [1.165, 1.54) is 0 Å². The Morgan fingerprint density at radius 1 is 1.67 bits per heavy atom. The molecule has 1 saturated heterocycles. The van der Waals surface area contributed by atoms with E-state index in [0.717, 1.165) is 25.2 Å². The highest BCUT2D eigenvalue weighted by atomic mass is 16.3. The highest BCUT2D eigenvalue weighted by Crippen LogP contribution is 2.29. The fourth-order valence-corrected chi connectivity index (χ4v) is 2.21. The maximum atomic E-state index is 9.66. The molecule has 1 aromatic rings. The molecule has 0 radical (unpaired) electrons. The van der Waals surface area contributed by atoms with Crippen molar-refractivity contribution in [1.82, 2.24) is 4.98 Å². The third-order valence-corrected chi connectivity index (χ3v) is 2.95. The van der Waals surface area contributed by atoms with Crippen LogP contribution in [0.3, 0.4) is 0 Å². The number of pyridine rings is 1. The van der Waals surface area contributed by atoms with E-state index in [1.807, 2.05) is 19.1 Å². The quantitative estimate of drug-likeness (QED) is 0.760. The molecule has 0 aliphatic carbocycles. The summed E-state index contributed by atoms with van der Waals surface area (Å²) in [4.78, 5) is 6.39. The summed E-state index contributed by atoms with van der Waals surface area (Å²) >= 11 is 0. The van der Waals surface area contributed by atoms with Crippen molar-refractivity contribution < 1.29 is 5.11 Å². The highest BCUT2D eigenvalue weighted by molar-refractivity contribution is 5.63. The van der Waals surface area contributed by atoms with Gasteiger partial charge in [0.15, 0.2) is 5.82 Å². The van der Waals surface area contributed by atoms with Gasteiger partial charge in [-0.2, -0.15) is 0 Å². The molecular weight excluding hydrogens is 190 g/mol. The summed E-state index contributed by atoms with van der Waals surface area (Å²) in [6.07, 6.45) is 3.50. The van der Waals surface area contributed by atoms with Crippen molar-refractivity contribution in [3.8, 4) is 0 Å². The molecule has 0 bridgehead atoms. The minimum Gasteiger partial charge on any atom is -0.396 e. The van der Waals surface area contributed by atoms with E-state index >= 15 is 0 Å². The van der Waals surface area contributed by atoms with Gasteiger partial charge in [-0.15, -0.1) is 0 Å². The Morgan fingerprint density at radius 2 is 2.47 bits per heavy atom. The summed E-state index contributed by atoms with van der Waals surface area (Å²) in [6.45, 7) is 2.75. The maximum Gasteiger partial charge on any atom is 0.152 e. The fourth-order valence-electron chi connectivity index (χ4n) is 2.21. The molecule has 1 fully saturated rings. The molecule has 0 aromatic carbocycles. The van der Waals surface area contributed by atoms with Gasteiger partial charge in [0, 0.05) is 12.7 Å². The second-order valence-electron chi connectivity index (χ2n) is 4.06. The predicted octanol–water partition coefficient (Wildman–Crippen LogP) is 1.01. The van der Waals surface area contributed by atoms with Crippen LogP contribution in [0.25, 0.3) is 0 Å². The van der Waals surface area contributed by atoms with E-state index in [1.54, 1.807) is 6.20 Å². The average molecular weight is 207 g/mol. The Hall–Kier alpha value is -1.29. The smallest absolute Gasteiger partial charge is 0.152 e. The largest absolute Gasteiger partial charge is 0.396 e. The monoisotopic (exact) mass is 207 g/mol. The zero-order valence-corrected chi connectivity index (χ0v) is 8.93. The minimum absolute atomic E-state index is 0.155. The summed E-state index contributed by atoms with van der Waals surface area (Å²) in [6, 6.07) is 3.83. The second-order valence-corrected chi connectivity index (χ2v) is 4.06. The molecule has 15 heavy (non-hydrogen) atoms. The van der Waals surface area contributed by atoms with Gasteiger partial charge >= 0.3 is 0 Å². The lowest BCUT2D eigenvalue weighted by molar-refractivity contribution is 0.164. The first-order chi connectivity index (χ1) is 7.20. The van der Waals surface area contributed by atoms with Crippen LogP contribution in [0.4, 0.5) is 11.5 Å². The fraction of sp³-hybridized carbons (Fsp3) is 0.545. The van der Waals surface area contributed by atoms with E-state index < -0.39 is 0 Å². The lowest BCUT2D eigenvalue weighted by atomic mass is 10.1. The number of rotatable bonds is 2. The van der Waals surface area contributed by atoms with Gasteiger partial charge in [-0.25, -0.2) is 4.98 Å². The summed E-state index contributed by atoms with van der Waals surface area (Å²) < 4.78 is 0. The van der Waals surface area contributed by atoms with Crippen LogP contribution in [0.15, 0.2) is 18.3 Å². The van der Waals surface area contributed by atoms with Gasteiger partial charge in [0.2, 0.25) is 0 Å². The van der Waals surface area contributed by atoms with Crippen LogP contribution < -0.4 is 10.6 Å². The van der Waals surface area contributed by atoms with E-state index in [2.05, 4.69) is 9.88 Å². The molecule has 4 nitrogen and oxygen atoms in total. The Labute approximate surface area is 89.7 Å². The Bertz CT molecular complexity index is 340. The predicted molar refractivity (Wildman–Crippen MR) is 60.7 cm³/mol. The minimum atomic E-state index is -0.339. The first kappa shape index (κ1) is 10.2. The number of hydrogen-bond donors (Lipinski definition) is 2. The molecule has 2 rings (SSSR count). The molecule has 2 heterocycles. The molecule has 3 N–H and O–H groups in total. The van der Waals surface area contributed by atoms with Crippen LogP contribution in [-0.4, -0.2) is 28.8 Å². The van der Waals surface area contributed by atoms with E-state index in [-0.39, 0.29) is 12.1 Å². The molecule has 0 amide bonds. The molecular formula is C11H17N3O. The molecule has 0 spiro atoms. The average Bonchev–Trinajstić information content (AvgIpc) is 2.67. The maximum absolute atomic E-state index is 9.66. The number of aliphatic hydroxyl groups excluding tert-OH is 1. The van der Waals surface area contributed by atoms with Gasteiger partial charge in [-0.3, -0.25) is 0 Å². The van der Waals surface area contributed by atoms with Crippen LogP contribution in [0, 0.1) is 0 Å². The molecule has 1 aromatic heterocycles. The van der Waals surface area contributed by atoms with Crippen LogP contribution in [0.5, 0.6) is 0 Å². The molecule has 1 aliphatic heterocycles. The number of anilines is 2. The normalized spacial score (nSPS) is 23.1. The molecule has 2 atom stereocenters. The van der Waals surface area contributed by atoms with Gasteiger partial charge in [0.05, 0.1) is 17.8 Å². The van der Waals surface area contributed by atoms with Crippen molar-refractivity contribution in [3.63, 3.8) is 0 Å². The van der Waals surface area contributed by atoms with Gasteiger partial charge in [0.1, 0.15) is 0 Å². The van der Waals surface area contributed by atoms with Crippen molar-refractivity contribution in [2.24, 2.45) is 0 Å². The van der Waals surface area contributed by atoms with Crippen molar-refractivity contribution in [2.45, 2.75) is 31.9 Å². The van der Waals surface area contributed by atoms with Crippen molar-refractivity contribution in [1.29, 1.82) is 0 Å². The molecule has 0 saturated carbocycles.